The third kappa shape index (κ3) is 2.10. The lowest BCUT2D eigenvalue weighted by molar-refractivity contribution is -0.132. The predicted octanol–water partition coefficient (Wildman–Crippen LogP) is 2.17. The van der Waals surface area contributed by atoms with Crippen molar-refractivity contribution in [3.63, 3.8) is 0 Å². The van der Waals surface area contributed by atoms with Crippen LogP contribution in [0.1, 0.15) is 12.0 Å². The van der Waals surface area contributed by atoms with Crippen molar-refractivity contribution in [2.45, 2.75) is 6.42 Å². The summed E-state index contributed by atoms with van der Waals surface area (Å²) in [6.45, 7) is 1.26. The van der Waals surface area contributed by atoms with Gasteiger partial charge >= 0.3 is 5.97 Å². The lowest BCUT2D eigenvalue weighted by Gasteiger charge is -2.19. The third-order valence-corrected chi connectivity index (χ3v) is 3.00. The summed E-state index contributed by atoms with van der Waals surface area (Å²) >= 11 is 6.07. The Hall–Kier alpha value is -1.32. The zero-order chi connectivity index (χ0) is 11.5. The normalized spacial score (nSPS) is 16.3. The van der Waals surface area contributed by atoms with E-state index in [1.165, 1.54) is 0 Å². The monoisotopic (exact) mass is 237 g/mol. The number of hydrogen-bond donors (Lipinski definition) is 2. The fourth-order valence-electron chi connectivity index (χ4n) is 1.88. The Labute approximate surface area is 98.7 Å². The highest BCUT2D eigenvalue weighted by molar-refractivity contribution is 6.32. The van der Waals surface area contributed by atoms with Crippen LogP contribution in [0.5, 0.6) is 0 Å². The molecule has 0 atom stereocenters. The van der Waals surface area contributed by atoms with Crippen molar-refractivity contribution in [2.75, 3.05) is 13.1 Å². The van der Waals surface area contributed by atoms with E-state index in [9.17, 15) is 4.79 Å². The molecule has 0 radical (unpaired) electrons. The number of carboxylic acids is 1. The van der Waals surface area contributed by atoms with E-state index >= 15 is 0 Å². The summed E-state index contributed by atoms with van der Waals surface area (Å²) in [6.07, 6.45) is 0.538. The number of aliphatic carboxylic acids is 1. The Morgan fingerprint density at radius 1 is 1.38 bits per heavy atom. The molecular weight excluding hydrogens is 226 g/mol. The van der Waals surface area contributed by atoms with Gasteiger partial charge in [0.15, 0.2) is 0 Å². The summed E-state index contributed by atoms with van der Waals surface area (Å²) in [4.78, 5) is 11.1. The molecule has 2 N–H and O–H groups in total. The van der Waals surface area contributed by atoms with Crippen LogP contribution in [-0.2, 0) is 4.79 Å². The number of hydrogen-bond acceptors (Lipinski definition) is 2. The Bertz CT molecular complexity index is 454. The van der Waals surface area contributed by atoms with Gasteiger partial charge in [-0.25, -0.2) is 4.79 Å². The summed E-state index contributed by atoms with van der Waals surface area (Å²) in [7, 11) is 0. The van der Waals surface area contributed by atoms with Crippen molar-refractivity contribution in [2.24, 2.45) is 0 Å². The number of carboxylic acid groups (broad SMARTS) is 1. The average Bonchev–Trinajstić information content (AvgIpc) is 2.29. The van der Waals surface area contributed by atoms with Gasteiger partial charge in [-0.15, -0.1) is 0 Å². The lowest BCUT2D eigenvalue weighted by Crippen LogP contribution is -2.27. The number of benzene rings is 1. The minimum atomic E-state index is -0.851. The van der Waals surface area contributed by atoms with E-state index in [1.807, 2.05) is 18.2 Å². The Morgan fingerprint density at radius 2 is 2.12 bits per heavy atom. The molecule has 3 nitrogen and oxygen atoms in total. The standard InChI is InChI=1S/C12H12ClNO2/c13-11-4-2-1-3-8(11)10-7-14-6-5-9(10)12(15)16/h1-4,14H,5-7H2,(H,15,16). The molecular formula is C12H12ClNO2. The molecule has 84 valence electrons. The number of halogens is 1. The predicted molar refractivity (Wildman–Crippen MR) is 63.5 cm³/mol. The quantitative estimate of drug-likeness (QED) is 0.829. The van der Waals surface area contributed by atoms with E-state index in [2.05, 4.69) is 5.32 Å². The SMILES string of the molecule is O=C(O)C1=C(c2ccccc2Cl)CNCC1. The van der Waals surface area contributed by atoms with Crippen molar-refractivity contribution < 1.29 is 9.90 Å². The van der Waals surface area contributed by atoms with E-state index in [0.717, 1.165) is 11.1 Å². The third-order valence-electron chi connectivity index (χ3n) is 2.67. The van der Waals surface area contributed by atoms with Crippen molar-refractivity contribution in [3.05, 3.63) is 40.4 Å². The van der Waals surface area contributed by atoms with Crippen molar-refractivity contribution >= 4 is 23.1 Å². The highest BCUT2D eigenvalue weighted by Gasteiger charge is 2.20. The van der Waals surface area contributed by atoms with Crippen LogP contribution in [0.2, 0.25) is 5.02 Å². The second kappa shape index (κ2) is 4.68. The molecule has 16 heavy (non-hydrogen) atoms. The van der Waals surface area contributed by atoms with Gasteiger partial charge in [-0.1, -0.05) is 29.8 Å². The van der Waals surface area contributed by atoms with Crippen LogP contribution in [0.3, 0.4) is 0 Å². The van der Waals surface area contributed by atoms with Gasteiger partial charge in [-0.05, 0) is 30.2 Å². The molecule has 1 aromatic rings. The largest absolute Gasteiger partial charge is 0.478 e. The average molecular weight is 238 g/mol. The Balaban J connectivity index is 2.52. The Kier molecular flexibility index (Phi) is 3.27. The van der Waals surface area contributed by atoms with Gasteiger partial charge in [-0.2, -0.15) is 0 Å². The maximum Gasteiger partial charge on any atom is 0.331 e. The van der Waals surface area contributed by atoms with Gasteiger partial charge in [0.05, 0.1) is 0 Å². The summed E-state index contributed by atoms with van der Waals surface area (Å²) in [5.74, 6) is -0.851. The van der Waals surface area contributed by atoms with Crippen LogP contribution in [0, 0.1) is 0 Å². The molecule has 0 saturated carbocycles. The first-order valence-electron chi connectivity index (χ1n) is 5.11. The molecule has 1 heterocycles. The fourth-order valence-corrected chi connectivity index (χ4v) is 2.13. The summed E-state index contributed by atoms with van der Waals surface area (Å²) in [6, 6.07) is 7.33. The van der Waals surface area contributed by atoms with Gasteiger partial charge in [-0.3, -0.25) is 0 Å². The summed E-state index contributed by atoms with van der Waals surface area (Å²) < 4.78 is 0. The molecule has 2 rings (SSSR count). The van der Waals surface area contributed by atoms with Crippen LogP contribution in [0.15, 0.2) is 29.8 Å². The molecule has 4 heteroatoms. The highest BCUT2D eigenvalue weighted by Crippen LogP contribution is 2.28. The fraction of sp³-hybridized carbons (Fsp3) is 0.250. The van der Waals surface area contributed by atoms with Crippen molar-refractivity contribution in [3.8, 4) is 0 Å². The van der Waals surface area contributed by atoms with Crippen LogP contribution in [0.4, 0.5) is 0 Å². The second-order valence-electron chi connectivity index (χ2n) is 3.67. The van der Waals surface area contributed by atoms with Crippen LogP contribution in [0.25, 0.3) is 5.57 Å². The maximum atomic E-state index is 11.1. The van der Waals surface area contributed by atoms with Crippen LogP contribution < -0.4 is 5.32 Å². The van der Waals surface area contributed by atoms with Gasteiger partial charge in [0, 0.05) is 17.1 Å². The zero-order valence-electron chi connectivity index (χ0n) is 8.66. The second-order valence-corrected chi connectivity index (χ2v) is 4.08. The summed E-state index contributed by atoms with van der Waals surface area (Å²) in [5, 5.41) is 12.9. The van der Waals surface area contributed by atoms with E-state index in [0.29, 0.717) is 30.1 Å². The molecule has 0 fully saturated rings. The molecule has 0 amide bonds. The van der Waals surface area contributed by atoms with E-state index in [-0.39, 0.29) is 0 Å². The first-order chi connectivity index (χ1) is 7.70. The molecule has 0 spiro atoms. The molecule has 1 aliphatic heterocycles. The van der Waals surface area contributed by atoms with Gasteiger partial charge in [0.1, 0.15) is 0 Å². The molecule has 1 aromatic carbocycles. The maximum absolute atomic E-state index is 11.1. The first-order valence-corrected chi connectivity index (χ1v) is 5.49. The minimum absolute atomic E-state index is 0.465. The Morgan fingerprint density at radius 3 is 2.81 bits per heavy atom. The topological polar surface area (TPSA) is 49.3 Å². The molecule has 0 unspecified atom stereocenters. The number of carbonyl (C=O) groups is 1. The van der Waals surface area contributed by atoms with E-state index < -0.39 is 5.97 Å². The molecule has 0 aromatic heterocycles. The smallest absolute Gasteiger partial charge is 0.331 e. The van der Waals surface area contributed by atoms with Gasteiger partial charge < -0.3 is 10.4 Å². The van der Waals surface area contributed by atoms with Crippen molar-refractivity contribution in [1.29, 1.82) is 0 Å². The van der Waals surface area contributed by atoms with Crippen LogP contribution in [-0.4, -0.2) is 24.2 Å². The molecule has 0 saturated heterocycles. The first kappa shape index (κ1) is 11.2. The van der Waals surface area contributed by atoms with Crippen LogP contribution >= 0.6 is 11.6 Å². The molecule has 0 bridgehead atoms. The molecule has 1 aliphatic rings. The van der Waals surface area contributed by atoms with E-state index in [1.54, 1.807) is 6.07 Å². The van der Waals surface area contributed by atoms with E-state index in [4.69, 9.17) is 16.7 Å². The van der Waals surface area contributed by atoms with Crippen molar-refractivity contribution in [1.82, 2.24) is 5.32 Å². The number of nitrogens with one attached hydrogen (secondary N) is 1. The molecule has 0 aliphatic carbocycles. The highest BCUT2D eigenvalue weighted by atomic mass is 35.5. The zero-order valence-corrected chi connectivity index (χ0v) is 9.42. The minimum Gasteiger partial charge on any atom is -0.478 e. The van der Waals surface area contributed by atoms with Gasteiger partial charge in [0.2, 0.25) is 0 Å². The lowest BCUT2D eigenvalue weighted by atomic mass is 9.95. The summed E-state index contributed by atoms with van der Waals surface area (Å²) in [5.41, 5.74) is 2.07. The van der Waals surface area contributed by atoms with Gasteiger partial charge in [0.25, 0.3) is 0 Å². The number of rotatable bonds is 2.